The van der Waals surface area contributed by atoms with E-state index in [1.54, 1.807) is 6.07 Å². The Morgan fingerprint density at radius 2 is 2.25 bits per heavy atom. The smallest absolute Gasteiger partial charge is 0.125 e. The van der Waals surface area contributed by atoms with Gasteiger partial charge in [-0.25, -0.2) is 4.39 Å². The van der Waals surface area contributed by atoms with Crippen LogP contribution in [0, 0.1) is 11.2 Å². The first-order valence-electron chi connectivity index (χ1n) is 5.22. The highest BCUT2D eigenvalue weighted by Crippen LogP contribution is 2.18. The monoisotopic (exact) mass is 219 g/mol. The summed E-state index contributed by atoms with van der Waals surface area (Å²) in [6.45, 7) is 1.62. The van der Waals surface area contributed by atoms with E-state index in [0.29, 0.717) is 23.5 Å². The third kappa shape index (κ3) is 2.12. The van der Waals surface area contributed by atoms with Gasteiger partial charge in [0.15, 0.2) is 0 Å². The maximum atomic E-state index is 12.9. The van der Waals surface area contributed by atoms with E-state index in [0.717, 1.165) is 18.5 Å². The molecule has 0 radical (unpaired) electrons. The van der Waals surface area contributed by atoms with Gasteiger partial charge in [-0.05, 0) is 36.7 Å². The lowest BCUT2D eigenvalue weighted by atomic mass is 9.98. The third-order valence-corrected chi connectivity index (χ3v) is 2.63. The van der Waals surface area contributed by atoms with Gasteiger partial charge >= 0.3 is 0 Å². The van der Waals surface area contributed by atoms with Gasteiger partial charge in [-0.3, -0.25) is 5.41 Å². The van der Waals surface area contributed by atoms with Crippen molar-refractivity contribution >= 4 is 11.4 Å². The molecule has 3 nitrogen and oxygen atoms in total. The Balaban J connectivity index is 2.30. The summed E-state index contributed by atoms with van der Waals surface area (Å²) in [5, 5.41) is 11.2. The second-order valence-corrected chi connectivity index (χ2v) is 3.80. The molecule has 0 unspecified atom stereocenters. The van der Waals surface area contributed by atoms with E-state index in [9.17, 15) is 4.39 Å². The molecule has 0 bridgehead atoms. The van der Waals surface area contributed by atoms with Crippen molar-refractivity contribution in [3.05, 3.63) is 41.2 Å². The highest BCUT2D eigenvalue weighted by atomic mass is 19.1. The van der Waals surface area contributed by atoms with Crippen LogP contribution in [0.3, 0.4) is 0 Å². The summed E-state index contributed by atoms with van der Waals surface area (Å²) in [6, 6.07) is 4.14. The van der Waals surface area contributed by atoms with Crippen molar-refractivity contribution < 1.29 is 4.39 Å². The normalized spacial score (nSPS) is 15.7. The Morgan fingerprint density at radius 3 is 2.88 bits per heavy atom. The molecule has 84 valence electrons. The molecule has 1 aromatic rings. The van der Waals surface area contributed by atoms with Crippen LogP contribution in [0.2, 0.25) is 0 Å². The van der Waals surface area contributed by atoms with Gasteiger partial charge in [0, 0.05) is 17.8 Å². The van der Waals surface area contributed by atoms with Gasteiger partial charge in [-0.1, -0.05) is 6.08 Å². The number of benzene rings is 1. The second kappa shape index (κ2) is 4.45. The first kappa shape index (κ1) is 10.8. The molecule has 4 heteroatoms. The predicted molar refractivity (Wildman–Crippen MR) is 63.2 cm³/mol. The maximum Gasteiger partial charge on any atom is 0.125 e. The molecule has 1 aromatic carbocycles. The van der Waals surface area contributed by atoms with Crippen LogP contribution in [0.5, 0.6) is 0 Å². The van der Waals surface area contributed by atoms with Crippen LogP contribution in [0.4, 0.5) is 10.1 Å². The Hall–Kier alpha value is -1.68. The number of hydrogen-bond donors (Lipinski definition) is 3. The van der Waals surface area contributed by atoms with E-state index in [2.05, 4.69) is 5.32 Å². The fourth-order valence-corrected chi connectivity index (χ4v) is 1.77. The van der Waals surface area contributed by atoms with E-state index in [4.69, 9.17) is 11.1 Å². The van der Waals surface area contributed by atoms with Crippen LogP contribution < -0.4 is 11.1 Å². The average Bonchev–Trinajstić information content (AvgIpc) is 2.29. The van der Waals surface area contributed by atoms with Crippen molar-refractivity contribution in [1.29, 1.82) is 5.41 Å². The minimum atomic E-state index is -0.371. The van der Waals surface area contributed by atoms with Gasteiger partial charge in [0.25, 0.3) is 0 Å². The van der Waals surface area contributed by atoms with Crippen LogP contribution in [0.15, 0.2) is 29.8 Å². The molecule has 0 saturated carbocycles. The quantitative estimate of drug-likeness (QED) is 0.523. The van der Waals surface area contributed by atoms with Crippen molar-refractivity contribution in [2.75, 3.05) is 18.8 Å². The van der Waals surface area contributed by atoms with Gasteiger partial charge < -0.3 is 11.1 Å². The molecule has 1 aliphatic rings. The van der Waals surface area contributed by atoms with Gasteiger partial charge in [0.05, 0.1) is 5.71 Å². The number of nitrogen functional groups attached to an aromatic ring is 1. The molecule has 0 atom stereocenters. The van der Waals surface area contributed by atoms with Crippen molar-refractivity contribution in [2.45, 2.75) is 6.42 Å². The molecule has 16 heavy (non-hydrogen) atoms. The lowest BCUT2D eigenvalue weighted by molar-refractivity contribution is 0.628. The van der Waals surface area contributed by atoms with Crippen molar-refractivity contribution in [2.24, 2.45) is 0 Å². The Morgan fingerprint density at radius 1 is 1.44 bits per heavy atom. The van der Waals surface area contributed by atoms with E-state index in [-0.39, 0.29) is 5.82 Å². The maximum absolute atomic E-state index is 12.9. The first-order chi connectivity index (χ1) is 7.68. The minimum absolute atomic E-state index is 0.316. The van der Waals surface area contributed by atoms with Gasteiger partial charge in [-0.2, -0.15) is 0 Å². The predicted octanol–water partition coefficient (Wildman–Crippen LogP) is 1.70. The molecule has 0 amide bonds. The van der Waals surface area contributed by atoms with E-state index < -0.39 is 0 Å². The third-order valence-electron chi connectivity index (χ3n) is 2.63. The fraction of sp³-hybridized carbons (Fsp3) is 0.250. The first-order valence-corrected chi connectivity index (χ1v) is 5.22. The largest absolute Gasteiger partial charge is 0.398 e. The summed E-state index contributed by atoms with van der Waals surface area (Å²) in [7, 11) is 0. The standard InChI is InChI=1S/C12H14FN3/c13-9-3-4-10(11(14)6-9)12(15)8-2-1-5-16-7-8/h2-4,6,15-16H,1,5,7,14H2. The zero-order valence-corrected chi connectivity index (χ0v) is 8.89. The molecule has 4 N–H and O–H groups in total. The summed E-state index contributed by atoms with van der Waals surface area (Å²) in [5.74, 6) is -0.371. The van der Waals surface area contributed by atoms with Crippen LogP contribution in [-0.4, -0.2) is 18.8 Å². The topological polar surface area (TPSA) is 61.9 Å². The summed E-state index contributed by atoms with van der Waals surface area (Å²) >= 11 is 0. The summed E-state index contributed by atoms with van der Waals surface area (Å²) < 4.78 is 12.9. The summed E-state index contributed by atoms with van der Waals surface area (Å²) in [6.07, 6.45) is 2.94. The number of rotatable bonds is 2. The van der Waals surface area contributed by atoms with Crippen LogP contribution in [-0.2, 0) is 0 Å². The highest BCUT2D eigenvalue weighted by molar-refractivity contribution is 6.13. The molecule has 2 rings (SSSR count). The summed E-state index contributed by atoms with van der Waals surface area (Å²) in [5.41, 5.74) is 7.91. The van der Waals surface area contributed by atoms with E-state index in [1.807, 2.05) is 6.08 Å². The SMILES string of the molecule is N=C(C1=CCCNC1)c1ccc(F)cc1N. The van der Waals surface area contributed by atoms with Crippen LogP contribution in [0.1, 0.15) is 12.0 Å². The second-order valence-electron chi connectivity index (χ2n) is 3.80. The average molecular weight is 219 g/mol. The number of nitrogens with two attached hydrogens (primary N) is 1. The van der Waals surface area contributed by atoms with Gasteiger partial charge in [-0.15, -0.1) is 0 Å². The zero-order chi connectivity index (χ0) is 11.5. The van der Waals surface area contributed by atoms with Crippen LogP contribution >= 0.6 is 0 Å². The Kier molecular flexibility index (Phi) is 3.01. The Labute approximate surface area is 93.7 Å². The van der Waals surface area contributed by atoms with Crippen LogP contribution in [0.25, 0.3) is 0 Å². The lowest BCUT2D eigenvalue weighted by Crippen LogP contribution is -2.26. The number of halogens is 1. The minimum Gasteiger partial charge on any atom is -0.398 e. The zero-order valence-electron chi connectivity index (χ0n) is 8.89. The van der Waals surface area contributed by atoms with E-state index >= 15 is 0 Å². The van der Waals surface area contributed by atoms with E-state index in [1.165, 1.54) is 12.1 Å². The molecule has 0 fully saturated rings. The summed E-state index contributed by atoms with van der Waals surface area (Å²) in [4.78, 5) is 0. The van der Waals surface area contributed by atoms with Gasteiger partial charge in [0.2, 0.25) is 0 Å². The molecular weight excluding hydrogens is 205 g/mol. The molecular formula is C12H14FN3. The molecule has 1 heterocycles. The van der Waals surface area contributed by atoms with Crippen molar-refractivity contribution in [3.63, 3.8) is 0 Å². The number of nitrogens with one attached hydrogen (secondary N) is 2. The number of anilines is 1. The molecule has 0 saturated heterocycles. The number of hydrogen-bond acceptors (Lipinski definition) is 3. The lowest BCUT2D eigenvalue weighted by Gasteiger charge is -2.16. The molecule has 0 aromatic heterocycles. The Bertz CT molecular complexity index is 452. The molecule has 1 aliphatic heterocycles. The highest BCUT2D eigenvalue weighted by Gasteiger charge is 2.13. The molecule has 0 spiro atoms. The van der Waals surface area contributed by atoms with Crippen molar-refractivity contribution in [3.8, 4) is 0 Å². The van der Waals surface area contributed by atoms with Gasteiger partial charge in [0.1, 0.15) is 5.82 Å². The fourth-order valence-electron chi connectivity index (χ4n) is 1.77. The molecule has 0 aliphatic carbocycles. The van der Waals surface area contributed by atoms with Crippen molar-refractivity contribution in [1.82, 2.24) is 5.32 Å².